The number of hydrogen-bond acceptors (Lipinski definition) is 2. The molecule has 0 spiro atoms. The molecule has 1 fully saturated rings. The van der Waals surface area contributed by atoms with E-state index < -0.39 is 0 Å². The van der Waals surface area contributed by atoms with Crippen LogP contribution in [0.3, 0.4) is 0 Å². The van der Waals surface area contributed by atoms with Crippen LogP contribution in [0.2, 0.25) is 0 Å². The molecule has 0 aromatic heterocycles. The van der Waals surface area contributed by atoms with Gasteiger partial charge in [0, 0.05) is 6.42 Å². The highest BCUT2D eigenvalue weighted by molar-refractivity contribution is 5.29. The van der Waals surface area contributed by atoms with Gasteiger partial charge in [0.25, 0.3) is 0 Å². The molecule has 0 aliphatic carbocycles. The molecule has 1 aliphatic rings. The van der Waals surface area contributed by atoms with Gasteiger partial charge >= 0.3 is 0 Å². The van der Waals surface area contributed by atoms with E-state index in [-0.39, 0.29) is 6.10 Å². The van der Waals surface area contributed by atoms with E-state index in [9.17, 15) is 0 Å². The van der Waals surface area contributed by atoms with Crippen molar-refractivity contribution >= 4 is 0 Å². The first-order chi connectivity index (χ1) is 7.25. The van der Waals surface area contributed by atoms with Crippen molar-refractivity contribution in [2.45, 2.75) is 32.3 Å². The second kappa shape index (κ2) is 4.67. The zero-order chi connectivity index (χ0) is 10.7. The van der Waals surface area contributed by atoms with Crippen LogP contribution >= 0.6 is 0 Å². The van der Waals surface area contributed by atoms with E-state index in [1.165, 1.54) is 5.56 Å². The minimum absolute atomic E-state index is 0.245. The summed E-state index contributed by atoms with van der Waals surface area (Å²) >= 11 is 0. The molecule has 1 atom stereocenters. The average molecular weight is 206 g/mol. The highest BCUT2D eigenvalue weighted by atomic mass is 16.5. The van der Waals surface area contributed by atoms with E-state index in [1.54, 1.807) is 0 Å². The fourth-order valence-corrected chi connectivity index (χ4v) is 1.73. The van der Waals surface area contributed by atoms with Gasteiger partial charge in [-0.1, -0.05) is 26.0 Å². The smallest absolute Gasteiger partial charge is 0.124 e. The third-order valence-electron chi connectivity index (χ3n) is 2.74. The molecule has 1 saturated heterocycles. The van der Waals surface area contributed by atoms with Crippen LogP contribution in [0.5, 0.6) is 5.75 Å². The lowest BCUT2D eigenvalue weighted by atomic mass is 10.0. The van der Waals surface area contributed by atoms with Gasteiger partial charge in [-0.05, 0) is 23.6 Å². The molecule has 0 amide bonds. The van der Waals surface area contributed by atoms with E-state index in [0.717, 1.165) is 25.4 Å². The fraction of sp³-hybridized carbons (Fsp3) is 0.538. The molecule has 2 nitrogen and oxygen atoms in total. The highest BCUT2D eigenvalue weighted by Crippen LogP contribution is 2.21. The second-order valence-corrected chi connectivity index (χ2v) is 4.33. The maximum Gasteiger partial charge on any atom is 0.124 e. The summed E-state index contributed by atoms with van der Waals surface area (Å²) in [6.45, 7) is 5.95. The van der Waals surface area contributed by atoms with Crippen molar-refractivity contribution in [2.75, 3.05) is 13.2 Å². The van der Waals surface area contributed by atoms with Crippen molar-refractivity contribution in [3.05, 3.63) is 29.8 Å². The Hall–Kier alpha value is -1.02. The van der Waals surface area contributed by atoms with E-state index >= 15 is 0 Å². The molecule has 0 unspecified atom stereocenters. The van der Waals surface area contributed by atoms with E-state index in [0.29, 0.717) is 5.92 Å². The van der Waals surface area contributed by atoms with Crippen LogP contribution in [-0.4, -0.2) is 19.3 Å². The molecule has 0 saturated carbocycles. The van der Waals surface area contributed by atoms with Crippen molar-refractivity contribution in [3.63, 3.8) is 0 Å². The first-order valence-electron chi connectivity index (χ1n) is 5.60. The fourth-order valence-electron chi connectivity index (χ4n) is 1.73. The number of hydrogen-bond donors (Lipinski definition) is 0. The summed E-state index contributed by atoms with van der Waals surface area (Å²) in [6.07, 6.45) is 1.25. The summed E-state index contributed by atoms with van der Waals surface area (Å²) in [5.74, 6) is 1.53. The van der Waals surface area contributed by atoms with Gasteiger partial charge in [-0.15, -0.1) is 0 Å². The van der Waals surface area contributed by atoms with Gasteiger partial charge < -0.3 is 9.47 Å². The summed E-state index contributed by atoms with van der Waals surface area (Å²) in [5.41, 5.74) is 1.35. The van der Waals surface area contributed by atoms with Crippen LogP contribution in [0.25, 0.3) is 0 Å². The van der Waals surface area contributed by atoms with E-state index in [2.05, 4.69) is 26.0 Å². The Labute approximate surface area is 91.2 Å². The third kappa shape index (κ3) is 2.72. The Kier molecular flexibility index (Phi) is 3.27. The van der Waals surface area contributed by atoms with Gasteiger partial charge in [0.05, 0.1) is 13.2 Å². The molecule has 1 aromatic rings. The largest absolute Gasteiger partial charge is 0.488 e. The molecule has 1 aromatic carbocycles. The number of ether oxygens (including phenoxy) is 2. The Morgan fingerprint density at radius 3 is 2.53 bits per heavy atom. The molecule has 15 heavy (non-hydrogen) atoms. The molecule has 1 aliphatic heterocycles. The van der Waals surface area contributed by atoms with Gasteiger partial charge in [-0.3, -0.25) is 0 Å². The van der Waals surface area contributed by atoms with Gasteiger partial charge in [0.1, 0.15) is 11.9 Å². The molecule has 2 rings (SSSR count). The maximum absolute atomic E-state index is 5.79. The van der Waals surface area contributed by atoms with Crippen LogP contribution in [0.1, 0.15) is 31.7 Å². The SMILES string of the molecule is CC(C)c1ccc(O[C@H]2CCOC2)cc1. The van der Waals surface area contributed by atoms with Crippen molar-refractivity contribution in [1.29, 1.82) is 0 Å². The van der Waals surface area contributed by atoms with Gasteiger partial charge in [-0.2, -0.15) is 0 Å². The zero-order valence-corrected chi connectivity index (χ0v) is 9.40. The van der Waals surface area contributed by atoms with Crippen LogP contribution in [0, 0.1) is 0 Å². The lowest BCUT2D eigenvalue weighted by molar-refractivity contribution is 0.141. The summed E-state index contributed by atoms with van der Waals surface area (Å²) in [6, 6.07) is 8.37. The van der Waals surface area contributed by atoms with Gasteiger partial charge in [0.15, 0.2) is 0 Å². The normalized spacial score (nSPS) is 20.9. The van der Waals surface area contributed by atoms with Crippen LogP contribution in [-0.2, 0) is 4.74 Å². The molecule has 0 bridgehead atoms. The first kappa shape index (κ1) is 10.5. The average Bonchev–Trinajstić information content (AvgIpc) is 2.71. The Morgan fingerprint density at radius 2 is 2.00 bits per heavy atom. The van der Waals surface area contributed by atoms with Crippen molar-refractivity contribution in [2.24, 2.45) is 0 Å². The molecule has 0 radical (unpaired) electrons. The van der Waals surface area contributed by atoms with Crippen LogP contribution in [0.4, 0.5) is 0 Å². The Bertz CT molecular complexity index is 297. The lowest BCUT2D eigenvalue weighted by Gasteiger charge is -2.12. The van der Waals surface area contributed by atoms with Gasteiger partial charge in [0.2, 0.25) is 0 Å². The summed E-state index contributed by atoms with van der Waals surface area (Å²) in [5, 5.41) is 0. The monoisotopic (exact) mass is 206 g/mol. The van der Waals surface area contributed by atoms with Crippen LogP contribution < -0.4 is 4.74 Å². The van der Waals surface area contributed by atoms with Gasteiger partial charge in [-0.25, -0.2) is 0 Å². The van der Waals surface area contributed by atoms with E-state index in [1.807, 2.05) is 12.1 Å². The quantitative estimate of drug-likeness (QED) is 0.757. The second-order valence-electron chi connectivity index (χ2n) is 4.33. The summed E-state index contributed by atoms with van der Waals surface area (Å²) < 4.78 is 11.1. The summed E-state index contributed by atoms with van der Waals surface area (Å²) in [4.78, 5) is 0. The molecular weight excluding hydrogens is 188 g/mol. The standard InChI is InChI=1S/C13H18O2/c1-10(2)11-3-5-12(6-4-11)15-13-7-8-14-9-13/h3-6,10,13H,7-9H2,1-2H3/t13-/m0/s1. The predicted octanol–water partition coefficient (Wildman–Crippen LogP) is 2.98. The molecular formula is C13H18O2. The minimum atomic E-state index is 0.245. The Morgan fingerprint density at radius 1 is 1.27 bits per heavy atom. The first-order valence-corrected chi connectivity index (χ1v) is 5.60. The topological polar surface area (TPSA) is 18.5 Å². The molecule has 82 valence electrons. The van der Waals surface area contributed by atoms with Crippen molar-refractivity contribution < 1.29 is 9.47 Å². The minimum Gasteiger partial charge on any atom is -0.488 e. The van der Waals surface area contributed by atoms with Crippen LogP contribution in [0.15, 0.2) is 24.3 Å². The maximum atomic E-state index is 5.79. The van der Waals surface area contributed by atoms with Crippen molar-refractivity contribution in [1.82, 2.24) is 0 Å². The lowest BCUT2D eigenvalue weighted by Crippen LogP contribution is -2.15. The molecule has 1 heterocycles. The Balaban J connectivity index is 1.97. The molecule has 2 heteroatoms. The molecule has 0 N–H and O–H groups in total. The zero-order valence-electron chi connectivity index (χ0n) is 9.40. The van der Waals surface area contributed by atoms with Crippen molar-refractivity contribution in [3.8, 4) is 5.75 Å². The predicted molar refractivity (Wildman–Crippen MR) is 60.4 cm³/mol. The summed E-state index contributed by atoms with van der Waals surface area (Å²) in [7, 11) is 0. The number of rotatable bonds is 3. The number of benzene rings is 1. The highest BCUT2D eigenvalue weighted by Gasteiger charge is 2.16. The van der Waals surface area contributed by atoms with E-state index in [4.69, 9.17) is 9.47 Å². The third-order valence-corrected chi connectivity index (χ3v) is 2.74.